The summed E-state index contributed by atoms with van der Waals surface area (Å²) in [5.74, 6) is 0.315. The van der Waals surface area contributed by atoms with Crippen LogP contribution >= 0.6 is 0 Å². The predicted molar refractivity (Wildman–Crippen MR) is 36.8 cm³/mol. The summed E-state index contributed by atoms with van der Waals surface area (Å²) in [4.78, 5) is 0. The zero-order valence-corrected chi connectivity index (χ0v) is 5.94. The molecule has 0 amide bonds. The van der Waals surface area contributed by atoms with E-state index in [1.54, 1.807) is 0 Å². The van der Waals surface area contributed by atoms with Gasteiger partial charge in [0.05, 0.1) is 0 Å². The third-order valence-corrected chi connectivity index (χ3v) is 2.23. The second-order valence-electron chi connectivity index (χ2n) is 3.11. The molecule has 3 atom stereocenters. The van der Waals surface area contributed by atoms with Crippen LogP contribution in [0.25, 0.3) is 0 Å². The first kappa shape index (κ1) is 7.04. The number of halogens is 1. The molecule has 0 aliphatic heterocycles. The van der Waals surface area contributed by atoms with E-state index in [9.17, 15) is 4.39 Å². The fourth-order valence-electron chi connectivity index (χ4n) is 1.49. The summed E-state index contributed by atoms with van der Waals surface area (Å²) in [6.07, 6.45) is 2.55. The highest BCUT2D eigenvalue weighted by atomic mass is 19.1. The Hall–Kier alpha value is -0.0700. The Balaban J connectivity index is 2.41. The van der Waals surface area contributed by atoms with E-state index in [-0.39, 0.29) is 11.8 Å². The molecule has 1 radical (unpaired) electrons. The molecule has 1 aliphatic carbocycles. The molecular weight excluding hydrogens is 115 g/mol. The minimum Gasteiger partial charge on any atom is -0.247 e. The van der Waals surface area contributed by atoms with E-state index in [4.69, 9.17) is 0 Å². The zero-order valence-electron chi connectivity index (χ0n) is 5.94. The fraction of sp³-hybridized carbons (Fsp3) is 0.875. The van der Waals surface area contributed by atoms with E-state index in [1.165, 1.54) is 0 Å². The van der Waals surface area contributed by atoms with Gasteiger partial charge in [-0.05, 0) is 31.6 Å². The van der Waals surface area contributed by atoms with Gasteiger partial charge in [-0.15, -0.1) is 0 Å². The summed E-state index contributed by atoms with van der Waals surface area (Å²) in [7, 11) is 0. The normalized spacial score (nSPS) is 45.0. The first-order valence-electron chi connectivity index (χ1n) is 3.69. The number of alkyl halides is 1. The minimum atomic E-state index is -0.640. The van der Waals surface area contributed by atoms with Crippen LogP contribution in [0.2, 0.25) is 0 Å². The maximum atomic E-state index is 12.9. The standard InChI is InChI=1S/C8H14F/c1-6-4-3-5-7(2)8(6)9/h6-8H,1,3-5H2,2H3. The van der Waals surface area contributed by atoms with Crippen LogP contribution in [0.5, 0.6) is 0 Å². The quantitative estimate of drug-likeness (QED) is 0.471. The summed E-state index contributed by atoms with van der Waals surface area (Å²) in [6.45, 7) is 5.73. The van der Waals surface area contributed by atoms with Gasteiger partial charge in [0.2, 0.25) is 0 Å². The van der Waals surface area contributed by atoms with Gasteiger partial charge in [0.1, 0.15) is 6.17 Å². The molecule has 1 aliphatic rings. The van der Waals surface area contributed by atoms with Gasteiger partial charge >= 0.3 is 0 Å². The summed E-state index contributed by atoms with van der Waals surface area (Å²) < 4.78 is 12.9. The molecule has 0 aromatic carbocycles. The molecule has 0 heterocycles. The molecule has 1 rings (SSSR count). The van der Waals surface area contributed by atoms with Crippen LogP contribution in [0.3, 0.4) is 0 Å². The van der Waals surface area contributed by atoms with E-state index in [0.717, 1.165) is 19.3 Å². The van der Waals surface area contributed by atoms with Crippen LogP contribution in [0, 0.1) is 18.8 Å². The van der Waals surface area contributed by atoms with E-state index >= 15 is 0 Å². The number of hydrogen-bond donors (Lipinski definition) is 0. The molecular formula is C8H14F. The van der Waals surface area contributed by atoms with E-state index in [1.807, 2.05) is 6.92 Å². The van der Waals surface area contributed by atoms with Crippen LogP contribution in [0.15, 0.2) is 0 Å². The molecule has 9 heavy (non-hydrogen) atoms. The van der Waals surface area contributed by atoms with Gasteiger partial charge in [0, 0.05) is 0 Å². The maximum absolute atomic E-state index is 12.9. The van der Waals surface area contributed by atoms with Crippen molar-refractivity contribution in [2.24, 2.45) is 11.8 Å². The highest BCUT2D eigenvalue weighted by molar-refractivity contribution is 4.80. The van der Waals surface area contributed by atoms with Crippen LogP contribution in [0.1, 0.15) is 26.2 Å². The molecule has 0 bridgehead atoms. The molecule has 1 saturated carbocycles. The lowest BCUT2D eigenvalue weighted by Crippen LogP contribution is -2.25. The SMILES string of the molecule is [CH2]C1CCCC(C)C1F. The van der Waals surface area contributed by atoms with Crippen molar-refractivity contribution in [2.45, 2.75) is 32.4 Å². The van der Waals surface area contributed by atoms with E-state index < -0.39 is 6.17 Å². The van der Waals surface area contributed by atoms with Crippen molar-refractivity contribution < 1.29 is 4.39 Å². The van der Waals surface area contributed by atoms with Gasteiger partial charge < -0.3 is 0 Å². The maximum Gasteiger partial charge on any atom is 0.105 e. The van der Waals surface area contributed by atoms with Gasteiger partial charge in [-0.2, -0.15) is 0 Å². The Morgan fingerprint density at radius 3 is 2.56 bits per heavy atom. The lowest BCUT2D eigenvalue weighted by molar-refractivity contribution is 0.134. The van der Waals surface area contributed by atoms with Crippen molar-refractivity contribution in [3.05, 3.63) is 6.92 Å². The molecule has 0 aromatic heterocycles. The number of hydrogen-bond acceptors (Lipinski definition) is 0. The van der Waals surface area contributed by atoms with Crippen molar-refractivity contribution in [1.82, 2.24) is 0 Å². The van der Waals surface area contributed by atoms with Gasteiger partial charge in [-0.1, -0.05) is 13.3 Å². The Morgan fingerprint density at radius 2 is 2.11 bits per heavy atom. The minimum absolute atomic E-state index is 0.0637. The first-order valence-corrected chi connectivity index (χ1v) is 3.69. The zero-order chi connectivity index (χ0) is 6.85. The molecule has 53 valence electrons. The van der Waals surface area contributed by atoms with Crippen molar-refractivity contribution in [3.8, 4) is 0 Å². The highest BCUT2D eigenvalue weighted by Gasteiger charge is 2.26. The van der Waals surface area contributed by atoms with Gasteiger partial charge in [0.15, 0.2) is 0 Å². The molecule has 1 heteroatoms. The summed E-state index contributed by atoms with van der Waals surface area (Å²) in [6, 6.07) is 0. The second kappa shape index (κ2) is 2.68. The Morgan fingerprint density at radius 1 is 1.44 bits per heavy atom. The average Bonchev–Trinajstić information content (AvgIpc) is 1.83. The molecule has 0 nitrogen and oxygen atoms in total. The molecule has 0 saturated heterocycles. The lowest BCUT2D eigenvalue weighted by Gasteiger charge is -2.27. The fourth-order valence-corrected chi connectivity index (χ4v) is 1.49. The van der Waals surface area contributed by atoms with E-state index in [2.05, 4.69) is 6.92 Å². The molecule has 0 aromatic rings. The molecule has 3 unspecified atom stereocenters. The van der Waals surface area contributed by atoms with Crippen LogP contribution in [-0.4, -0.2) is 6.17 Å². The predicted octanol–water partition coefficient (Wildman–Crippen LogP) is 2.59. The first-order chi connectivity index (χ1) is 4.22. The van der Waals surface area contributed by atoms with Crippen molar-refractivity contribution in [3.63, 3.8) is 0 Å². The Bertz CT molecular complexity index is 80.6. The molecule has 0 spiro atoms. The third-order valence-electron chi connectivity index (χ3n) is 2.23. The third kappa shape index (κ3) is 1.44. The monoisotopic (exact) mass is 129 g/mol. The lowest BCUT2D eigenvalue weighted by atomic mass is 9.82. The largest absolute Gasteiger partial charge is 0.247 e. The second-order valence-corrected chi connectivity index (χ2v) is 3.11. The summed E-state index contributed by atoms with van der Waals surface area (Å²) in [5.41, 5.74) is 0. The Labute approximate surface area is 56.5 Å². The van der Waals surface area contributed by atoms with Crippen molar-refractivity contribution >= 4 is 0 Å². The smallest absolute Gasteiger partial charge is 0.105 e. The highest BCUT2D eigenvalue weighted by Crippen LogP contribution is 2.30. The van der Waals surface area contributed by atoms with Crippen LogP contribution < -0.4 is 0 Å². The van der Waals surface area contributed by atoms with Crippen molar-refractivity contribution in [2.75, 3.05) is 0 Å². The van der Waals surface area contributed by atoms with Crippen molar-refractivity contribution in [1.29, 1.82) is 0 Å². The molecule has 0 N–H and O–H groups in total. The van der Waals surface area contributed by atoms with E-state index in [0.29, 0.717) is 0 Å². The average molecular weight is 129 g/mol. The number of rotatable bonds is 0. The van der Waals surface area contributed by atoms with Gasteiger partial charge in [-0.25, -0.2) is 4.39 Å². The van der Waals surface area contributed by atoms with Crippen LogP contribution in [-0.2, 0) is 0 Å². The van der Waals surface area contributed by atoms with Crippen LogP contribution in [0.4, 0.5) is 4.39 Å². The molecule has 1 fully saturated rings. The van der Waals surface area contributed by atoms with Gasteiger partial charge in [-0.3, -0.25) is 0 Å². The Kier molecular flexibility index (Phi) is 2.09. The summed E-state index contributed by atoms with van der Waals surface area (Å²) in [5, 5.41) is 0. The van der Waals surface area contributed by atoms with Gasteiger partial charge in [0.25, 0.3) is 0 Å². The topological polar surface area (TPSA) is 0 Å². The summed E-state index contributed by atoms with van der Waals surface area (Å²) >= 11 is 0.